The largest absolute Gasteiger partial charge is 0.496 e. The van der Waals surface area contributed by atoms with E-state index in [-0.39, 0.29) is 5.97 Å². The van der Waals surface area contributed by atoms with Gasteiger partial charge in [-0.3, -0.25) is 0 Å². The molecule has 17 heavy (non-hydrogen) atoms. The van der Waals surface area contributed by atoms with Crippen LogP contribution in [0.5, 0.6) is 5.75 Å². The van der Waals surface area contributed by atoms with Crippen molar-refractivity contribution in [2.24, 2.45) is 0 Å². The second-order valence-electron chi connectivity index (χ2n) is 3.60. The fraction of sp³-hybridized carbons (Fsp3) is 0.500. The third kappa shape index (κ3) is 4.10. The SMILES string of the molecule is CC.COC(=O)c1ccc(OC)c(C(C)C)c1. The summed E-state index contributed by atoms with van der Waals surface area (Å²) in [6, 6.07) is 5.31. The van der Waals surface area contributed by atoms with Gasteiger partial charge in [-0.05, 0) is 29.7 Å². The summed E-state index contributed by atoms with van der Waals surface area (Å²) in [5.74, 6) is 0.793. The van der Waals surface area contributed by atoms with Gasteiger partial charge in [-0.2, -0.15) is 0 Å². The van der Waals surface area contributed by atoms with Crippen LogP contribution >= 0.6 is 0 Å². The van der Waals surface area contributed by atoms with E-state index in [9.17, 15) is 4.79 Å². The van der Waals surface area contributed by atoms with E-state index in [1.807, 2.05) is 19.9 Å². The van der Waals surface area contributed by atoms with Crippen molar-refractivity contribution >= 4 is 5.97 Å². The first-order valence-electron chi connectivity index (χ1n) is 5.86. The van der Waals surface area contributed by atoms with Crippen molar-refractivity contribution < 1.29 is 14.3 Å². The Bertz CT molecular complexity index is 356. The maximum absolute atomic E-state index is 11.3. The van der Waals surface area contributed by atoms with E-state index in [0.717, 1.165) is 11.3 Å². The van der Waals surface area contributed by atoms with E-state index >= 15 is 0 Å². The smallest absolute Gasteiger partial charge is 0.337 e. The van der Waals surface area contributed by atoms with Crippen LogP contribution in [-0.2, 0) is 4.74 Å². The average molecular weight is 238 g/mol. The quantitative estimate of drug-likeness (QED) is 0.754. The van der Waals surface area contributed by atoms with Crippen LogP contribution in [0.15, 0.2) is 18.2 Å². The third-order valence-electron chi connectivity index (χ3n) is 2.27. The molecule has 3 heteroatoms. The molecular weight excluding hydrogens is 216 g/mol. The summed E-state index contributed by atoms with van der Waals surface area (Å²) < 4.78 is 9.89. The summed E-state index contributed by atoms with van der Waals surface area (Å²) in [5, 5.41) is 0. The first-order chi connectivity index (χ1) is 8.10. The number of carbonyl (C=O) groups is 1. The van der Waals surface area contributed by atoms with Gasteiger partial charge in [-0.1, -0.05) is 27.7 Å². The summed E-state index contributed by atoms with van der Waals surface area (Å²) in [6.45, 7) is 8.11. The Balaban J connectivity index is 0.00000121. The van der Waals surface area contributed by atoms with Crippen LogP contribution in [0.2, 0.25) is 0 Å². The molecule has 1 aromatic carbocycles. The zero-order valence-electron chi connectivity index (χ0n) is 11.5. The van der Waals surface area contributed by atoms with E-state index in [1.54, 1.807) is 19.2 Å². The number of esters is 1. The average Bonchev–Trinajstić information content (AvgIpc) is 2.39. The number of hydrogen-bond acceptors (Lipinski definition) is 3. The minimum Gasteiger partial charge on any atom is -0.496 e. The van der Waals surface area contributed by atoms with Gasteiger partial charge in [0.25, 0.3) is 0 Å². The van der Waals surface area contributed by atoms with Gasteiger partial charge in [-0.15, -0.1) is 0 Å². The van der Waals surface area contributed by atoms with E-state index in [2.05, 4.69) is 18.6 Å². The summed E-state index contributed by atoms with van der Waals surface area (Å²) >= 11 is 0. The predicted octanol–water partition coefficient (Wildman–Crippen LogP) is 3.63. The molecule has 0 saturated heterocycles. The Morgan fingerprint density at radius 1 is 1.18 bits per heavy atom. The van der Waals surface area contributed by atoms with Crippen LogP contribution in [-0.4, -0.2) is 20.2 Å². The molecule has 0 unspecified atom stereocenters. The number of hydrogen-bond donors (Lipinski definition) is 0. The number of carbonyl (C=O) groups excluding carboxylic acids is 1. The molecule has 0 radical (unpaired) electrons. The molecule has 1 rings (SSSR count). The molecule has 0 aliphatic carbocycles. The molecule has 0 saturated carbocycles. The summed E-state index contributed by atoms with van der Waals surface area (Å²) in [6.07, 6.45) is 0. The summed E-state index contributed by atoms with van der Waals surface area (Å²) in [4.78, 5) is 11.3. The minimum absolute atomic E-state index is 0.310. The molecule has 0 bridgehead atoms. The van der Waals surface area contributed by atoms with E-state index in [4.69, 9.17) is 4.74 Å². The van der Waals surface area contributed by atoms with Gasteiger partial charge in [0, 0.05) is 0 Å². The van der Waals surface area contributed by atoms with Crippen molar-refractivity contribution in [1.29, 1.82) is 0 Å². The van der Waals surface area contributed by atoms with Gasteiger partial charge >= 0.3 is 5.97 Å². The Labute approximate surface area is 104 Å². The highest BCUT2D eigenvalue weighted by Gasteiger charge is 2.12. The lowest BCUT2D eigenvalue weighted by Gasteiger charge is -2.12. The first kappa shape index (κ1) is 15.5. The van der Waals surface area contributed by atoms with Crippen molar-refractivity contribution in [1.82, 2.24) is 0 Å². The molecule has 0 atom stereocenters. The molecule has 0 fully saturated rings. The Kier molecular flexibility index (Phi) is 7.03. The first-order valence-corrected chi connectivity index (χ1v) is 5.86. The van der Waals surface area contributed by atoms with Gasteiger partial charge in [0.2, 0.25) is 0 Å². The van der Waals surface area contributed by atoms with E-state index in [0.29, 0.717) is 11.5 Å². The van der Waals surface area contributed by atoms with Gasteiger partial charge in [0.15, 0.2) is 0 Å². The standard InChI is InChI=1S/C12H16O3.C2H6/c1-8(2)10-7-9(12(13)15-4)5-6-11(10)14-3;1-2/h5-8H,1-4H3;1-2H3. The normalized spacial score (nSPS) is 9.35. The zero-order chi connectivity index (χ0) is 13.4. The minimum atomic E-state index is -0.320. The molecule has 0 aliphatic rings. The van der Waals surface area contributed by atoms with Crippen molar-refractivity contribution in [3.8, 4) is 5.75 Å². The molecule has 0 aliphatic heterocycles. The second-order valence-corrected chi connectivity index (χ2v) is 3.60. The lowest BCUT2D eigenvalue weighted by Crippen LogP contribution is -2.03. The molecule has 96 valence electrons. The highest BCUT2D eigenvalue weighted by molar-refractivity contribution is 5.89. The highest BCUT2D eigenvalue weighted by atomic mass is 16.5. The molecule has 0 N–H and O–H groups in total. The third-order valence-corrected chi connectivity index (χ3v) is 2.27. The maximum Gasteiger partial charge on any atom is 0.337 e. The lowest BCUT2D eigenvalue weighted by molar-refractivity contribution is 0.0600. The number of benzene rings is 1. The molecule has 0 aromatic heterocycles. The molecule has 0 spiro atoms. The molecule has 3 nitrogen and oxygen atoms in total. The fourth-order valence-corrected chi connectivity index (χ4v) is 1.43. The highest BCUT2D eigenvalue weighted by Crippen LogP contribution is 2.27. The van der Waals surface area contributed by atoms with Crippen molar-refractivity contribution in [3.05, 3.63) is 29.3 Å². The summed E-state index contributed by atoms with van der Waals surface area (Å²) in [7, 11) is 3.00. The van der Waals surface area contributed by atoms with E-state index < -0.39 is 0 Å². The molecular formula is C14H22O3. The van der Waals surface area contributed by atoms with Crippen molar-refractivity contribution in [2.75, 3.05) is 14.2 Å². The van der Waals surface area contributed by atoms with Gasteiger partial charge < -0.3 is 9.47 Å². The van der Waals surface area contributed by atoms with Gasteiger partial charge in [-0.25, -0.2) is 4.79 Å². The van der Waals surface area contributed by atoms with Crippen molar-refractivity contribution in [3.63, 3.8) is 0 Å². The Morgan fingerprint density at radius 2 is 1.76 bits per heavy atom. The topological polar surface area (TPSA) is 35.5 Å². The van der Waals surface area contributed by atoms with Crippen molar-refractivity contribution in [2.45, 2.75) is 33.6 Å². The lowest BCUT2D eigenvalue weighted by atomic mass is 9.99. The number of rotatable bonds is 3. The fourth-order valence-electron chi connectivity index (χ4n) is 1.43. The van der Waals surface area contributed by atoms with Gasteiger partial charge in [0.05, 0.1) is 19.8 Å². The summed E-state index contributed by atoms with van der Waals surface area (Å²) in [5.41, 5.74) is 1.57. The van der Waals surface area contributed by atoms with Crippen LogP contribution in [0.1, 0.15) is 49.5 Å². The maximum atomic E-state index is 11.3. The van der Waals surface area contributed by atoms with E-state index in [1.165, 1.54) is 7.11 Å². The van der Waals surface area contributed by atoms with Crippen LogP contribution in [0.25, 0.3) is 0 Å². The van der Waals surface area contributed by atoms with Crippen LogP contribution < -0.4 is 4.74 Å². The molecule has 1 aromatic rings. The monoisotopic (exact) mass is 238 g/mol. The molecule has 0 heterocycles. The van der Waals surface area contributed by atoms with Crippen LogP contribution in [0.4, 0.5) is 0 Å². The predicted molar refractivity (Wildman–Crippen MR) is 69.8 cm³/mol. The Morgan fingerprint density at radius 3 is 2.18 bits per heavy atom. The van der Waals surface area contributed by atoms with Crippen LogP contribution in [0.3, 0.4) is 0 Å². The second kappa shape index (κ2) is 7.71. The van der Waals surface area contributed by atoms with Gasteiger partial charge in [0.1, 0.15) is 5.75 Å². The number of ether oxygens (including phenoxy) is 2. The molecule has 0 amide bonds. The Hall–Kier alpha value is -1.51. The van der Waals surface area contributed by atoms with Crippen LogP contribution in [0, 0.1) is 0 Å². The number of methoxy groups -OCH3 is 2. The zero-order valence-corrected chi connectivity index (χ0v) is 11.5.